The van der Waals surface area contributed by atoms with Crippen molar-refractivity contribution >= 4 is 29.3 Å². The highest BCUT2D eigenvalue weighted by Gasteiger charge is 2.15. The van der Waals surface area contributed by atoms with E-state index in [-0.39, 0.29) is 5.91 Å². The number of amides is 1. The fourth-order valence-corrected chi connectivity index (χ4v) is 2.97. The van der Waals surface area contributed by atoms with E-state index in [4.69, 9.17) is 21.1 Å². The minimum absolute atomic E-state index is 0.302. The second kappa shape index (κ2) is 8.19. The summed E-state index contributed by atoms with van der Waals surface area (Å²) in [6.07, 6.45) is 7.47. The van der Waals surface area contributed by atoms with Gasteiger partial charge in [-0.1, -0.05) is 29.8 Å². The van der Waals surface area contributed by atoms with Gasteiger partial charge in [-0.2, -0.15) is 5.10 Å². The molecule has 0 atom stereocenters. The summed E-state index contributed by atoms with van der Waals surface area (Å²) in [7, 11) is 0. The van der Waals surface area contributed by atoms with Gasteiger partial charge in [0.1, 0.15) is 0 Å². The van der Waals surface area contributed by atoms with Crippen molar-refractivity contribution in [2.45, 2.75) is 6.42 Å². The summed E-state index contributed by atoms with van der Waals surface area (Å²) in [6, 6.07) is 13.1. The van der Waals surface area contributed by atoms with Crippen LogP contribution in [0.2, 0.25) is 5.02 Å². The predicted molar refractivity (Wildman–Crippen MR) is 108 cm³/mol. The molecule has 7 heteroatoms. The lowest BCUT2D eigenvalue weighted by Crippen LogP contribution is -2.08. The van der Waals surface area contributed by atoms with Crippen LogP contribution < -0.4 is 14.8 Å². The molecule has 3 aromatic rings. The summed E-state index contributed by atoms with van der Waals surface area (Å²) in [5.41, 5.74) is 2.23. The van der Waals surface area contributed by atoms with Gasteiger partial charge in [-0.25, -0.2) is 4.68 Å². The van der Waals surface area contributed by atoms with E-state index < -0.39 is 0 Å². The zero-order valence-corrected chi connectivity index (χ0v) is 15.7. The number of nitrogens with zero attached hydrogens (tertiary/aromatic N) is 2. The van der Waals surface area contributed by atoms with Crippen LogP contribution in [0.1, 0.15) is 12.0 Å². The maximum absolute atomic E-state index is 12.3. The molecule has 4 rings (SSSR count). The van der Waals surface area contributed by atoms with Crippen molar-refractivity contribution in [2.24, 2.45) is 0 Å². The van der Waals surface area contributed by atoms with Crippen molar-refractivity contribution in [3.63, 3.8) is 0 Å². The number of rotatable bonds is 4. The van der Waals surface area contributed by atoms with Gasteiger partial charge in [0.05, 0.1) is 35.8 Å². The monoisotopic (exact) mass is 395 g/mol. The molecule has 1 N–H and O–H groups in total. The molecule has 2 aromatic carbocycles. The van der Waals surface area contributed by atoms with Gasteiger partial charge in [0.2, 0.25) is 5.91 Å². The van der Waals surface area contributed by atoms with Gasteiger partial charge in [-0.15, -0.1) is 0 Å². The van der Waals surface area contributed by atoms with E-state index in [1.54, 1.807) is 29.1 Å². The summed E-state index contributed by atoms with van der Waals surface area (Å²) in [6.45, 7) is 1.14. The number of carbonyl (C=O) groups is 1. The Kier molecular flexibility index (Phi) is 5.30. The van der Waals surface area contributed by atoms with E-state index in [0.717, 1.165) is 17.7 Å². The summed E-state index contributed by atoms with van der Waals surface area (Å²) in [4.78, 5) is 12.3. The van der Waals surface area contributed by atoms with E-state index in [1.165, 1.54) is 6.08 Å². The standard InChI is InChI=1S/C21H18ClN3O3/c22-17-11-19-20(28-10-4-9-27-19)12-18(17)24-21(26)8-7-15-13-23-25(14-15)16-5-2-1-3-6-16/h1-3,5-8,11-14H,4,9-10H2,(H,24,26)/b8-7+. The fraction of sp³-hybridized carbons (Fsp3) is 0.143. The first kappa shape index (κ1) is 18.1. The number of benzene rings is 2. The van der Waals surface area contributed by atoms with Gasteiger partial charge in [-0.3, -0.25) is 4.79 Å². The van der Waals surface area contributed by atoms with Gasteiger partial charge in [0.15, 0.2) is 11.5 Å². The van der Waals surface area contributed by atoms with Crippen LogP contribution in [0, 0.1) is 0 Å². The number of para-hydroxylation sites is 1. The Morgan fingerprint density at radius 2 is 1.89 bits per heavy atom. The first-order valence-corrected chi connectivity index (χ1v) is 9.25. The first-order valence-electron chi connectivity index (χ1n) is 8.87. The van der Waals surface area contributed by atoms with E-state index in [0.29, 0.717) is 35.4 Å². The molecule has 0 saturated carbocycles. The minimum atomic E-state index is -0.302. The van der Waals surface area contributed by atoms with Gasteiger partial charge in [0.25, 0.3) is 0 Å². The molecule has 0 radical (unpaired) electrons. The van der Waals surface area contributed by atoms with E-state index >= 15 is 0 Å². The van der Waals surface area contributed by atoms with Crippen molar-refractivity contribution in [2.75, 3.05) is 18.5 Å². The van der Waals surface area contributed by atoms with Crippen LogP contribution in [-0.4, -0.2) is 28.9 Å². The van der Waals surface area contributed by atoms with Gasteiger partial charge in [0, 0.05) is 36.4 Å². The highest BCUT2D eigenvalue weighted by atomic mass is 35.5. The van der Waals surface area contributed by atoms with E-state index in [9.17, 15) is 4.79 Å². The van der Waals surface area contributed by atoms with Gasteiger partial charge < -0.3 is 14.8 Å². The molecule has 28 heavy (non-hydrogen) atoms. The predicted octanol–water partition coefficient (Wildman–Crippen LogP) is 4.34. The number of hydrogen-bond donors (Lipinski definition) is 1. The highest BCUT2D eigenvalue weighted by molar-refractivity contribution is 6.34. The molecule has 1 aliphatic heterocycles. The number of hydrogen-bond acceptors (Lipinski definition) is 4. The van der Waals surface area contributed by atoms with Gasteiger partial charge in [-0.05, 0) is 18.2 Å². The second-order valence-electron chi connectivity index (χ2n) is 6.21. The molecule has 0 fully saturated rings. The maximum Gasteiger partial charge on any atom is 0.248 e. The van der Waals surface area contributed by atoms with Crippen LogP contribution in [0.5, 0.6) is 11.5 Å². The first-order chi connectivity index (χ1) is 13.7. The number of anilines is 1. The average Bonchev–Trinajstić information content (AvgIpc) is 3.07. The van der Waals surface area contributed by atoms with E-state index in [2.05, 4.69) is 10.4 Å². The fourth-order valence-electron chi connectivity index (χ4n) is 2.77. The molecule has 0 saturated heterocycles. The van der Waals surface area contributed by atoms with Crippen molar-refractivity contribution in [1.29, 1.82) is 0 Å². The highest BCUT2D eigenvalue weighted by Crippen LogP contribution is 2.37. The summed E-state index contributed by atoms with van der Waals surface area (Å²) in [5, 5.41) is 7.46. The molecule has 2 heterocycles. The maximum atomic E-state index is 12.3. The Morgan fingerprint density at radius 3 is 2.68 bits per heavy atom. The van der Waals surface area contributed by atoms with Gasteiger partial charge >= 0.3 is 0 Å². The van der Waals surface area contributed by atoms with Crippen LogP contribution in [-0.2, 0) is 4.79 Å². The molecule has 142 valence electrons. The zero-order chi connectivity index (χ0) is 19.3. The number of ether oxygens (including phenoxy) is 2. The Hall–Kier alpha value is -3.25. The molecule has 0 unspecified atom stereocenters. The third-order valence-electron chi connectivity index (χ3n) is 4.15. The Balaban J connectivity index is 1.45. The Bertz CT molecular complexity index is 1010. The Morgan fingerprint density at radius 1 is 1.14 bits per heavy atom. The van der Waals surface area contributed by atoms with Crippen molar-refractivity contribution < 1.29 is 14.3 Å². The molecular formula is C21H18ClN3O3. The lowest BCUT2D eigenvalue weighted by atomic mass is 10.2. The number of halogens is 1. The Labute approximate surface area is 167 Å². The molecule has 1 aromatic heterocycles. The zero-order valence-electron chi connectivity index (χ0n) is 15.0. The third-order valence-corrected chi connectivity index (χ3v) is 4.46. The molecule has 1 aliphatic rings. The van der Waals surface area contributed by atoms with Crippen LogP contribution in [0.15, 0.2) is 60.9 Å². The molecule has 0 spiro atoms. The quantitative estimate of drug-likeness (QED) is 0.667. The topological polar surface area (TPSA) is 65.4 Å². The summed E-state index contributed by atoms with van der Waals surface area (Å²) < 4.78 is 13.0. The lowest BCUT2D eigenvalue weighted by molar-refractivity contribution is -0.111. The molecule has 1 amide bonds. The summed E-state index contributed by atoms with van der Waals surface area (Å²) >= 11 is 6.26. The largest absolute Gasteiger partial charge is 0.490 e. The van der Waals surface area contributed by atoms with E-state index in [1.807, 2.05) is 36.5 Å². The lowest BCUT2D eigenvalue weighted by Gasteiger charge is -2.11. The number of nitrogens with one attached hydrogen (secondary N) is 1. The van der Waals surface area contributed by atoms with Crippen LogP contribution in [0.4, 0.5) is 5.69 Å². The molecular weight excluding hydrogens is 378 g/mol. The minimum Gasteiger partial charge on any atom is -0.490 e. The normalized spacial score (nSPS) is 13.3. The van der Waals surface area contributed by atoms with Crippen molar-refractivity contribution in [3.05, 3.63) is 71.5 Å². The second-order valence-corrected chi connectivity index (χ2v) is 6.61. The number of fused-ring (bicyclic) bond motifs is 1. The summed E-state index contributed by atoms with van der Waals surface area (Å²) in [5.74, 6) is 0.860. The van der Waals surface area contributed by atoms with Crippen molar-refractivity contribution in [1.82, 2.24) is 9.78 Å². The molecule has 0 bridgehead atoms. The van der Waals surface area contributed by atoms with Crippen LogP contribution in [0.25, 0.3) is 11.8 Å². The SMILES string of the molecule is O=C(/C=C/c1cnn(-c2ccccc2)c1)Nc1cc2c(cc1Cl)OCCCO2. The number of carbonyl (C=O) groups excluding carboxylic acids is 1. The number of aromatic nitrogens is 2. The third kappa shape index (κ3) is 4.18. The molecule has 6 nitrogen and oxygen atoms in total. The van der Waals surface area contributed by atoms with Crippen LogP contribution in [0.3, 0.4) is 0 Å². The average molecular weight is 396 g/mol. The van der Waals surface area contributed by atoms with Crippen molar-refractivity contribution in [3.8, 4) is 17.2 Å². The molecule has 0 aliphatic carbocycles. The van der Waals surface area contributed by atoms with Crippen LogP contribution >= 0.6 is 11.6 Å². The smallest absolute Gasteiger partial charge is 0.248 e.